The van der Waals surface area contributed by atoms with Gasteiger partial charge in [0.1, 0.15) is 11.5 Å². The van der Waals surface area contributed by atoms with Gasteiger partial charge in [0.15, 0.2) is 0 Å². The van der Waals surface area contributed by atoms with Gasteiger partial charge in [0.05, 0.1) is 6.61 Å². The van der Waals surface area contributed by atoms with Crippen molar-refractivity contribution in [3.05, 3.63) is 59.7 Å². The first-order valence-electron chi connectivity index (χ1n) is 6.84. The van der Waals surface area contributed by atoms with Crippen LogP contribution in [0.5, 0.6) is 11.5 Å². The zero-order valence-electron chi connectivity index (χ0n) is 12.0. The van der Waals surface area contributed by atoms with E-state index in [9.17, 15) is 0 Å². The van der Waals surface area contributed by atoms with Crippen LogP contribution in [0, 0.1) is 0 Å². The summed E-state index contributed by atoms with van der Waals surface area (Å²) in [6.45, 7) is 2.65. The Kier molecular flexibility index (Phi) is 5.16. The Hall–Kier alpha value is -1.84. The molecule has 0 unspecified atom stereocenters. The quantitative estimate of drug-likeness (QED) is 0.862. The third kappa shape index (κ3) is 3.59. The molecule has 3 heteroatoms. The second-order valence-corrected chi connectivity index (χ2v) is 4.74. The van der Waals surface area contributed by atoms with Crippen molar-refractivity contribution in [2.45, 2.75) is 26.0 Å². The minimum atomic E-state index is -0.00615. The van der Waals surface area contributed by atoms with E-state index >= 15 is 0 Å². The second kappa shape index (κ2) is 7.08. The maximum absolute atomic E-state index is 6.13. The van der Waals surface area contributed by atoms with E-state index in [0.717, 1.165) is 29.0 Å². The topological polar surface area (TPSA) is 44.5 Å². The SMILES string of the molecule is CC[C@H](N)c1ccccc1Oc1cccc(COC)c1. The maximum Gasteiger partial charge on any atom is 0.132 e. The monoisotopic (exact) mass is 271 g/mol. The molecule has 2 N–H and O–H groups in total. The number of benzene rings is 2. The molecular formula is C17H21NO2. The summed E-state index contributed by atoms with van der Waals surface area (Å²) in [4.78, 5) is 0. The molecule has 106 valence electrons. The Morgan fingerprint density at radius 1 is 1.10 bits per heavy atom. The lowest BCUT2D eigenvalue weighted by atomic mass is 10.0. The van der Waals surface area contributed by atoms with Crippen molar-refractivity contribution < 1.29 is 9.47 Å². The summed E-state index contributed by atoms with van der Waals surface area (Å²) in [5, 5.41) is 0. The first-order valence-corrected chi connectivity index (χ1v) is 6.84. The maximum atomic E-state index is 6.13. The molecule has 1 atom stereocenters. The summed E-state index contributed by atoms with van der Waals surface area (Å²) in [5.41, 5.74) is 8.25. The van der Waals surface area contributed by atoms with Gasteiger partial charge in [0.2, 0.25) is 0 Å². The van der Waals surface area contributed by atoms with Crippen molar-refractivity contribution in [1.29, 1.82) is 0 Å². The van der Waals surface area contributed by atoms with Crippen LogP contribution in [0.15, 0.2) is 48.5 Å². The Bertz CT molecular complexity index is 554. The van der Waals surface area contributed by atoms with E-state index in [1.807, 2.05) is 48.5 Å². The molecule has 0 aliphatic carbocycles. The molecule has 3 nitrogen and oxygen atoms in total. The van der Waals surface area contributed by atoms with Crippen LogP contribution in [0.4, 0.5) is 0 Å². The lowest BCUT2D eigenvalue weighted by Gasteiger charge is -2.15. The van der Waals surface area contributed by atoms with E-state index in [0.29, 0.717) is 6.61 Å². The minimum Gasteiger partial charge on any atom is -0.457 e. The molecule has 0 spiro atoms. The van der Waals surface area contributed by atoms with Crippen molar-refractivity contribution in [3.63, 3.8) is 0 Å². The highest BCUT2D eigenvalue weighted by Gasteiger charge is 2.10. The first-order chi connectivity index (χ1) is 9.74. The van der Waals surface area contributed by atoms with E-state index in [1.54, 1.807) is 7.11 Å². The zero-order chi connectivity index (χ0) is 14.4. The molecule has 0 amide bonds. The molecule has 2 aromatic carbocycles. The average Bonchev–Trinajstić information content (AvgIpc) is 2.48. The fourth-order valence-corrected chi connectivity index (χ4v) is 2.09. The zero-order valence-corrected chi connectivity index (χ0v) is 12.0. The van der Waals surface area contributed by atoms with Gasteiger partial charge in [-0.2, -0.15) is 0 Å². The lowest BCUT2D eigenvalue weighted by Crippen LogP contribution is -2.09. The highest BCUT2D eigenvalue weighted by atomic mass is 16.5. The van der Waals surface area contributed by atoms with Crippen molar-refractivity contribution in [2.75, 3.05) is 7.11 Å². The van der Waals surface area contributed by atoms with Crippen LogP contribution in [-0.4, -0.2) is 7.11 Å². The molecule has 0 heterocycles. The van der Waals surface area contributed by atoms with Gasteiger partial charge in [-0.15, -0.1) is 0 Å². The molecule has 0 saturated heterocycles. The summed E-state index contributed by atoms with van der Waals surface area (Å²) in [7, 11) is 1.68. The van der Waals surface area contributed by atoms with Crippen LogP contribution < -0.4 is 10.5 Å². The standard InChI is InChI=1S/C17H21NO2/c1-3-16(18)15-9-4-5-10-17(15)20-14-8-6-7-13(11-14)12-19-2/h4-11,16H,3,12,18H2,1-2H3/t16-/m0/s1. The molecule has 20 heavy (non-hydrogen) atoms. The average molecular weight is 271 g/mol. The van der Waals surface area contributed by atoms with E-state index < -0.39 is 0 Å². The smallest absolute Gasteiger partial charge is 0.132 e. The number of ether oxygens (including phenoxy) is 2. The Labute approximate surface area is 120 Å². The second-order valence-electron chi connectivity index (χ2n) is 4.74. The van der Waals surface area contributed by atoms with Crippen LogP contribution in [0.25, 0.3) is 0 Å². The molecule has 0 aliphatic rings. The fraction of sp³-hybridized carbons (Fsp3) is 0.294. The molecule has 0 radical (unpaired) electrons. The molecule has 2 rings (SSSR count). The van der Waals surface area contributed by atoms with Crippen molar-refractivity contribution in [1.82, 2.24) is 0 Å². The van der Waals surface area contributed by atoms with Crippen molar-refractivity contribution in [2.24, 2.45) is 5.73 Å². The fourth-order valence-electron chi connectivity index (χ4n) is 2.09. The minimum absolute atomic E-state index is 0.00615. The third-order valence-electron chi connectivity index (χ3n) is 3.20. The van der Waals surface area contributed by atoms with Gasteiger partial charge in [-0.05, 0) is 30.2 Å². The normalized spacial score (nSPS) is 12.2. The third-order valence-corrected chi connectivity index (χ3v) is 3.20. The highest BCUT2D eigenvalue weighted by Crippen LogP contribution is 2.30. The van der Waals surface area contributed by atoms with E-state index in [4.69, 9.17) is 15.2 Å². The van der Waals surface area contributed by atoms with Gasteiger partial charge in [-0.25, -0.2) is 0 Å². The Morgan fingerprint density at radius 3 is 2.65 bits per heavy atom. The van der Waals surface area contributed by atoms with Gasteiger partial charge in [-0.3, -0.25) is 0 Å². The molecule has 0 bridgehead atoms. The highest BCUT2D eigenvalue weighted by molar-refractivity contribution is 5.40. The summed E-state index contributed by atoms with van der Waals surface area (Å²) in [5.74, 6) is 1.62. The Balaban J connectivity index is 2.23. The van der Waals surface area contributed by atoms with Gasteiger partial charge < -0.3 is 15.2 Å². The number of hydrogen-bond donors (Lipinski definition) is 1. The summed E-state index contributed by atoms with van der Waals surface area (Å²) in [6, 6.07) is 15.8. The van der Waals surface area contributed by atoms with Gasteiger partial charge >= 0.3 is 0 Å². The molecular weight excluding hydrogens is 250 g/mol. The van der Waals surface area contributed by atoms with E-state index in [2.05, 4.69) is 6.92 Å². The van der Waals surface area contributed by atoms with Crippen LogP contribution in [-0.2, 0) is 11.3 Å². The van der Waals surface area contributed by atoms with Crippen molar-refractivity contribution >= 4 is 0 Å². The van der Waals surface area contributed by atoms with Gasteiger partial charge in [0, 0.05) is 18.7 Å². The molecule has 0 aromatic heterocycles. The first kappa shape index (κ1) is 14.6. The number of methoxy groups -OCH3 is 1. The molecule has 2 aromatic rings. The molecule has 0 saturated carbocycles. The number of para-hydroxylation sites is 1. The van der Waals surface area contributed by atoms with Crippen LogP contribution >= 0.6 is 0 Å². The van der Waals surface area contributed by atoms with E-state index in [-0.39, 0.29) is 6.04 Å². The van der Waals surface area contributed by atoms with Crippen LogP contribution in [0.1, 0.15) is 30.5 Å². The van der Waals surface area contributed by atoms with Gasteiger partial charge in [0.25, 0.3) is 0 Å². The summed E-state index contributed by atoms with van der Waals surface area (Å²) in [6.07, 6.45) is 0.879. The molecule has 0 aliphatic heterocycles. The molecule has 0 fully saturated rings. The summed E-state index contributed by atoms with van der Waals surface area (Å²) < 4.78 is 11.1. The summed E-state index contributed by atoms with van der Waals surface area (Å²) >= 11 is 0. The Morgan fingerprint density at radius 2 is 1.90 bits per heavy atom. The van der Waals surface area contributed by atoms with Crippen LogP contribution in [0.2, 0.25) is 0 Å². The van der Waals surface area contributed by atoms with E-state index in [1.165, 1.54) is 0 Å². The van der Waals surface area contributed by atoms with Crippen molar-refractivity contribution in [3.8, 4) is 11.5 Å². The lowest BCUT2D eigenvalue weighted by molar-refractivity contribution is 0.184. The number of hydrogen-bond acceptors (Lipinski definition) is 3. The van der Waals surface area contributed by atoms with Gasteiger partial charge in [-0.1, -0.05) is 37.3 Å². The number of rotatable bonds is 6. The number of nitrogens with two attached hydrogens (primary N) is 1. The largest absolute Gasteiger partial charge is 0.457 e. The predicted octanol–water partition coefficient (Wildman–Crippen LogP) is 4.04. The van der Waals surface area contributed by atoms with Crippen LogP contribution in [0.3, 0.4) is 0 Å². The predicted molar refractivity (Wildman–Crippen MR) is 80.9 cm³/mol.